The molecule has 0 saturated carbocycles. The zero-order valence-corrected chi connectivity index (χ0v) is 15.6. The van der Waals surface area contributed by atoms with E-state index in [0.717, 1.165) is 20.5 Å². The van der Waals surface area contributed by atoms with E-state index < -0.39 is 0 Å². The second kappa shape index (κ2) is 8.60. The highest BCUT2D eigenvalue weighted by Gasteiger charge is 2.07. The van der Waals surface area contributed by atoms with Crippen molar-refractivity contribution < 1.29 is 9.53 Å². The molecule has 1 N–H and O–H groups in total. The molecule has 0 aliphatic heterocycles. The summed E-state index contributed by atoms with van der Waals surface area (Å²) in [6, 6.07) is 19.7. The van der Waals surface area contributed by atoms with E-state index in [0.29, 0.717) is 5.75 Å². The van der Waals surface area contributed by atoms with Gasteiger partial charge in [-0.25, -0.2) is 5.43 Å². The lowest BCUT2D eigenvalue weighted by Crippen LogP contribution is -2.24. The molecule has 0 aliphatic carbocycles. The minimum absolute atomic E-state index is 0.106. The van der Waals surface area contributed by atoms with Crippen LogP contribution in [-0.2, 0) is 4.79 Å². The van der Waals surface area contributed by atoms with E-state index in [2.05, 4.69) is 26.5 Å². The van der Waals surface area contributed by atoms with Gasteiger partial charge in [0.15, 0.2) is 6.61 Å². The third kappa shape index (κ3) is 5.01. The molecule has 0 unspecified atom stereocenters. The topological polar surface area (TPSA) is 50.7 Å². The summed E-state index contributed by atoms with van der Waals surface area (Å²) in [5.74, 6) is 0.295. The Kier molecular flexibility index (Phi) is 5.98. The molecular weight excluding hydrogens is 400 g/mol. The lowest BCUT2D eigenvalue weighted by molar-refractivity contribution is -0.123. The molecule has 4 nitrogen and oxygen atoms in total. The van der Waals surface area contributed by atoms with Gasteiger partial charge in [-0.15, -0.1) is 11.3 Å². The minimum Gasteiger partial charge on any atom is -0.483 e. The highest BCUT2D eigenvalue weighted by Crippen LogP contribution is 2.30. The van der Waals surface area contributed by atoms with Crippen LogP contribution in [0.5, 0.6) is 5.75 Å². The highest BCUT2D eigenvalue weighted by molar-refractivity contribution is 9.10. The van der Waals surface area contributed by atoms with E-state index in [1.807, 2.05) is 66.0 Å². The van der Waals surface area contributed by atoms with Crippen LogP contribution in [0.2, 0.25) is 0 Å². The summed E-state index contributed by atoms with van der Waals surface area (Å²) in [7, 11) is 0. The van der Waals surface area contributed by atoms with Crippen LogP contribution in [0.25, 0.3) is 11.1 Å². The fraction of sp³-hybridized carbons (Fsp3) is 0.0526. The van der Waals surface area contributed by atoms with E-state index >= 15 is 0 Å². The molecule has 0 saturated heterocycles. The summed E-state index contributed by atoms with van der Waals surface area (Å²) < 4.78 is 6.34. The number of nitrogens with one attached hydrogen (secondary N) is 1. The van der Waals surface area contributed by atoms with Crippen molar-refractivity contribution in [3.05, 3.63) is 75.4 Å². The van der Waals surface area contributed by atoms with Gasteiger partial charge in [-0.3, -0.25) is 4.79 Å². The number of carbonyl (C=O) groups is 1. The molecule has 0 aliphatic rings. The van der Waals surface area contributed by atoms with Gasteiger partial charge >= 0.3 is 0 Å². The summed E-state index contributed by atoms with van der Waals surface area (Å²) in [6.07, 6.45) is 1.60. The van der Waals surface area contributed by atoms with Crippen molar-refractivity contribution in [2.75, 3.05) is 6.61 Å². The average molecular weight is 415 g/mol. The van der Waals surface area contributed by atoms with Gasteiger partial charge in [0.2, 0.25) is 0 Å². The third-order valence-corrected chi connectivity index (χ3v) is 4.75. The fourth-order valence-corrected chi connectivity index (χ4v) is 3.21. The first kappa shape index (κ1) is 17.4. The maximum absolute atomic E-state index is 11.8. The Morgan fingerprint density at radius 3 is 2.68 bits per heavy atom. The zero-order chi connectivity index (χ0) is 17.5. The van der Waals surface area contributed by atoms with Crippen LogP contribution in [0.15, 0.2) is 75.6 Å². The summed E-state index contributed by atoms with van der Waals surface area (Å²) in [5.41, 5.74) is 4.64. The normalized spacial score (nSPS) is 10.8. The molecule has 3 aromatic rings. The molecule has 0 bridgehead atoms. The number of halogens is 1. The molecular formula is C19H15BrN2O2S. The summed E-state index contributed by atoms with van der Waals surface area (Å²) in [6.45, 7) is -0.106. The lowest BCUT2D eigenvalue weighted by Gasteiger charge is -2.09. The van der Waals surface area contributed by atoms with Gasteiger partial charge in [0, 0.05) is 4.88 Å². The first-order chi connectivity index (χ1) is 12.2. The summed E-state index contributed by atoms with van der Waals surface area (Å²) in [4.78, 5) is 12.8. The van der Waals surface area contributed by atoms with Gasteiger partial charge in [0.05, 0.1) is 10.7 Å². The van der Waals surface area contributed by atoms with Crippen LogP contribution in [0.1, 0.15) is 4.88 Å². The van der Waals surface area contributed by atoms with Gasteiger partial charge < -0.3 is 4.74 Å². The number of ether oxygens (including phenoxy) is 1. The predicted octanol–water partition coefficient (Wildman–Crippen LogP) is 4.71. The van der Waals surface area contributed by atoms with Crippen LogP contribution in [0, 0.1) is 0 Å². The number of nitrogens with zero attached hydrogens (tertiary/aromatic N) is 1. The number of hydrogen-bond donors (Lipinski definition) is 1. The van der Waals surface area contributed by atoms with E-state index in [4.69, 9.17) is 4.74 Å². The Labute approximate surface area is 158 Å². The molecule has 3 rings (SSSR count). The fourth-order valence-electron chi connectivity index (χ4n) is 2.14. The number of thiophene rings is 1. The molecule has 126 valence electrons. The second-order valence-electron chi connectivity index (χ2n) is 5.11. The Hall–Kier alpha value is -2.44. The number of benzene rings is 2. The van der Waals surface area contributed by atoms with Crippen LogP contribution < -0.4 is 10.2 Å². The number of amides is 1. The summed E-state index contributed by atoms with van der Waals surface area (Å²) in [5, 5.41) is 5.84. The zero-order valence-electron chi connectivity index (χ0n) is 13.2. The molecule has 0 fully saturated rings. The van der Waals surface area contributed by atoms with Crippen molar-refractivity contribution in [1.82, 2.24) is 5.43 Å². The van der Waals surface area contributed by atoms with Crippen molar-refractivity contribution in [3.8, 4) is 16.9 Å². The van der Waals surface area contributed by atoms with Crippen molar-refractivity contribution in [3.63, 3.8) is 0 Å². The molecule has 0 spiro atoms. The van der Waals surface area contributed by atoms with Crippen molar-refractivity contribution in [2.45, 2.75) is 0 Å². The third-order valence-electron chi connectivity index (χ3n) is 3.32. The van der Waals surface area contributed by atoms with Crippen molar-refractivity contribution in [2.24, 2.45) is 5.10 Å². The quantitative estimate of drug-likeness (QED) is 0.469. The first-order valence-electron chi connectivity index (χ1n) is 7.55. The van der Waals surface area contributed by atoms with Crippen LogP contribution >= 0.6 is 27.3 Å². The maximum Gasteiger partial charge on any atom is 0.277 e. The molecule has 1 heterocycles. The minimum atomic E-state index is -0.313. The number of carbonyl (C=O) groups excluding carboxylic acids is 1. The molecule has 25 heavy (non-hydrogen) atoms. The number of hydrazone groups is 1. The maximum atomic E-state index is 11.8. The standard InChI is InChI=1S/C19H15BrN2O2S/c20-17-11-15(14-5-2-1-3-6-14)8-9-18(17)24-13-19(23)22-21-12-16-7-4-10-25-16/h1-12H,13H2,(H,22,23)/b21-12+. The van der Waals surface area contributed by atoms with Crippen LogP contribution in [0.3, 0.4) is 0 Å². The van der Waals surface area contributed by atoms with Gasteiger partial charge in [-0.05, 0) is 50.6 Å². The molecule has 0 atom stereocenters. The molecule has 1 amide bonds. The molecule has 2 aromatic carbocycles. The van der Waals surface area contributed by atoms with Crippen LogP contribution in [-0.4, -0.2) is 18.7 Å². The first-order valence-corrected chi connectivity index (χ1v) is 9.23. The SMILES string of the molecule is O=C(COc1ccc(-c2ccccc2)cc1Br)N/N=C/c1cccs1. The van der Waals surface area contributed by atoms with E-state index in [1.165, 1.54) is 0 Å². The number of rotatable bonds is 6. The van der Waals surface area contributed by atoms with Gasteiger partial charge in [-0.1, -0.05) is 42.5 Å². The lowest BCUT2D eigenvalue weighted by atomic mass is 10.1. The van der Waals surface area contributed by atoms with E-state index in [9.17, 15) is 4.79 Å². The Morgan fingerprint density at radius 2 is 1.96 bits per heavy atom. The Bertz CT molecular complexity index is 864. The van der Waals surface area contributed by atoms with Crippen molar-refractivity contribution >= 4 is 39.4 Å². The van der Waals surface area contributed by atoms with Crippen LogP contribution in [0.4, 0.5) is 0 Å². The van der Waals surface area contributed by atoms with E-state index in [1.54, 1.807) is 17.6 Å². The monoisotopic (exact) mass is 414 g/mol. The van der Waals surface area contributed by atoms with Gasteiger partial charge in [0.1, 0.15) is 5.75 Å². The van der Waals surface area contributed by atoms with Crippen molar-refractivity contribution in [1.29, 1.82) is 0 Å². The Morgan fingerprint density at radius 1 is 1.12 bits per heavy atom. The van der Waals surface area contributed by atoms with E-state index in [-0.39, 0.29) is 12.5 Å². The molecule has 6 heteroatoms. The van der Waals surface area contributed by atoms with Gasteiger partial charge in [0.25, 0.3) is 5.91 Å². The smallest absolute Gasteiger partial charge is 0.277 e. The van der Waals surface area contributed by atoms with Gasteiger partial charge in [-0.2, -0.15) is 5.10 Å². The average Bonchev–Trinajstić information content (AvgIpc) is 3.15. The molecule has 1 aromatic heterocycles. The largest absolute Gasteiger partial charge is 0.483 e. The predicted molar refractivity (Wildman–Crippen MR) is 105 cm³/mol. The highest BCUT2D eigenvalue weighted by atomic mass is 79.9. The number of hydrogen-bond acceptors (Lipinski definition) is 4. The summed E-state index contributed by atoms with van der Waals surface area (Å²) >= 11 is 5.04. The second-order valence-corrected chi connectivity index (χ2v) is 6.94. The Balaban J connectivity index is 1.55. The molecule has 0 radical (unpaired) electrons.